The first-order valence-corrected chi connectivity index (χ1v) is 12.9. The molecule has 0 fully saturated rings. The quantitative estimate of drug-likeness (QED) is 0.475. The Hall–Kier alpha value is -2.61. The van der Waals surface area contributed by atoms with Gasteiger partial charge in [0.05, 0.1) is 19.1 Å². The Morgan fingerprint density at radius 1 is 0.939 bits per heavy atom. The lowest BCUT2D eigenvalue weighted by molar-refractivity contribution is 0.248. The largest absolute Gasteiger partial charge is 0.493 e. The van der Waals surface area contributed by atoms with Crippen molar-refractivity contribution in [2.45, 2.75) is 37.6 Å². The van der Waals surface area contributed by atoms with Crippen LogP contribution in [0.25, 0.3) is 10.8 Å². The van der Waals surface area contributed by atoms with Crippen LogP contribution in [0.2, 0.25) is 0 Å². The van der Waals surface area contributed by atoms with Crippen LogP contribution in [0.3, 0.4) is 0 Å². The van der Waals surface area contributed by atoms with E-state index in [1.165, 1.54) is 11.1 Å². The van der Waals surface area contributed by atoms with Gasteiger partial charge in [-0.3, -0.25) is 4.90 Å². The van der Waals surface area contributed by atoms with Crippen LogP contribution in [-0.2, 0) is 23.0 Å². The second kappa shape index (κ2) is 10.1. The van der Waals surface area contributed by atoms with Gasteiger partial charge in [0.25, 0.3) is 0 Å². The molecule has 0 unspecified atom stereocenters. The Bertz CT molecular complexity index is 1240. The topological polar surface area (TPSA) is 67.9 Å². The van der Waals surface area contributed by atoms with Crippen LogP contribution in [0.1, 0.15) is 29.5 Å². The van der Waals surface area contributed by atoms with Gasteiger partial charge in [-0.25, -0.2) is 13.1 Å². The maximum Gasteiger partial charge on any atom is 0.241 e. The molecule has 1 aliphatic heterocycles. The zero-order chi connectivity index (χ0) is 23.4. The minimum Gasteiger partial charge on any atom is -0.493 e. The van der Waals surface area contributed by atoms with Gasteiger partial charge in [0, 0.05) is 25.0 Å². The van der Waals surface area contributed by atoms with Crippen LogP contribution in [0.5, 0.6) is 11.5 Å². The number of hydrogen-bond acceptors (Lipinski definition) is 5. The average molecular weight is 469 g/mol. The molecule has 0 saturated carbocycles. The molecule has 0 atom stereocenters. The zero-order valence-electron chi connectivity index (χ0n) is 19.6. The lowest BCUT2D eigenvalue weighted by Gasteiger charge is -2.29. The molecule has 3 aromatic rings. The van der Waals surface area contributed by atoms with Crippen molar-refractivity contribution in [2.75, 3.05) is 33.9 Å². The van der Waals surface area contributed by atoms with Gasteiger partial charge in [0.1, 0.15) is 0 Å². The Labute approximate surface area is 196 Å². The summed E-state index contributed by atoms with van der Waals surface area (Å²) in [6.45, 7) is 5.22. The molecule has 4 rings (SSSR count). The number of aryl methyl sites for hydroxylation is 1. The van der Waals surface area contributed by atoms with E-state index in [-0.39, 0.29) is 0 Å². The van der Waals surface area contributed by atoms with E-state index in [0.29, 0.717) is 11.4 Å². The van der Waals surface area contributed by atoms with E-state index in [4.69, 9.17) is 9.47 Å². The van der Waals surface area contributed by atoms with Gasteiger partial charge < -0.3 is 9.47 Å². The summed E-state index contributed by atoms with van der Waals surface area (Å²) in [6.07, 6.45) is 2.70. The summed E-state index contributed by atoms with van der Waals surface area (Å²) in [7, 11) is -0.233. The van der Waals surface area contributed by atoms with Crippen LogP contribution in [-0.4, -0.2) is 47.2 Å². The molecule has 0 spiro atoms. The molecule has 0 bridgehead atoms. The number of unbranched alkanes of at least 4 members (excludes halogenated alkanes) is 1. The number of methoxy groups -OCH3 is 2. The molecule has 1 heterocycles. The van der Waals surface area contributed by atoms with Crippen molar-refractivity contribution in [1.82, 2.24) is 9.62 Å². The smallest absolute Gasteiger partial charge is 0.241 e. The van der Waals surface area contributed by atoms with E-state index in [9.17, 15) is 8.42 Å². The van der Waals surface area contributed by atoms with Gasteiger partial charge in [0.15, 0.2) is 11.5 Å². The molecule has 3 aromatic carbocycles. The maximum atomic E-state index is 12.9. The number of fused-ring (bicyclic) bond motifs is 2. The molecule has 0 amide bonds. The monoisotopic (exact) mass is 468 g/mol. The molecule has 33 heavy (non-hydrogen) atoms. The van der Waals surface area contributed by atoms with Crippen LogP contribution < -0.4 is 14.2 Å². The van der Waals surface area contributed by atoms with E-state index < -0.39 is 10.0 Å². The van der Waals surface area contributed by atoms with E-state index in [1.54, 1.807) is 20.3 Å². The van der Waals surface area contributed by atoms with Crippen molar-refractivity contribution in [3.8, 4) is 11.5 Å². The third-order valence-corrected chi connectivity index (χ3v) is 7.90. The second-order valence-electron chi connectivity index (χ2n) is 8.53. The standard InChI is InChI=1S/C26H32N2O4S/c1-19-10-11-26(23-9-5-4-8-22(19)23)33(29,30)27-13-6-7-14-28-15-12-20-16-24(31-2)25(32-3)17-21(20)18-28/h4-5,8-11,16-17,27H,6-7,12-15,18H2,1-3H3. The minimum atomic E-state index is -3.55. The maximum absolute atomic E-state index is 12.9. The summed E-state index contributed by atoms with van der Waals surface area (Å²) < 4.78 is 39.5. The van der Waals surface area contributed by atoms with Gasteiger partial charge >= 0.3 is 0 Å². The molecule has 0 saturated heterocycles. The van der Waals surface area contributed by atoms with Crippen molar-refractivity contribution >= 4 is 20.8 Å². The molecule has 0 aromatic heterocycles. The third kappa shape index (κ3) is 5.16. The minimum absolute atomic E-state index is 0.348. The first-order chi connectivity index (χ1) is 15.9. The normalized spacial score (nSPS) is 14.3. The van der Waals surface area contributed by atoms with E-state index in [1.807, 2.05) is 37.3 Å². The Morgan fingerprint density at radius 2 is 1.64 bits per heavy atom. The fraction of sp³-hybridized carbons (Fsp3) is 0.385. The number of ether oxygens (including phenoxy) is 2. The van der Waals surface area contributed by atoms with Crippen molar-refractivity contribution < 1.29 is 17.9 Å². The molecule has 0 radical (unpaired) electrons. The molecular formula is C26H32N2O4S. The number of nitrogens with one attached hydrogen (secondary N) is 1. The highest BCUT2D eigenvalue weighted by molar-refractivity contribution is 7.89. The van der Waals surface area contributed by atoms with Gasteiger partial charge in [-0.1, -0.05) is 30.3 Å². The summed E-state index contributed by atoms with van der Waals surface area (Å²) in [4.78, 5) is 2.76. The highest BCUT2D eigenvalue weighted by Gasteiger charge is 2.20. The van der Waals surface area contributed by atoms with E-state index in [0.717, 1.165) is 66.7 Å². The van der Waals surface area contributed by atoms with Crippen molar-refractivity contribution in [3.05, 3.63) is 65.2 Å². The zero-order valence-corrected chi connectivity index (χ0v) is 20.4. The molecule has 1 aliphatic rings. The fourth-order valence-electron chi connectivity index (χ4n) is 4.53. The molecule has 176 valence electrons. The van der Waals surface area contributed by atoms with Gasteiger partial charge in [-0.2, -0.15) is 0 Å². The highest BCUT2D eigenvalue weighted by Crippen LogP contribution is 2.33. The Kier molecular flexibility index (Phi) is 7.22. The molecule has 7 heteroatoms. The van der Waals surface area contributed by atoms with Gasteiger partial charge in [-0.15, -0.1) is 0 Å². The van der Waals surface area contributed by atoms with Gasteiger partial charge in [0.2, 0.25) is 10.0 Å². The summed E-state index contributed by atoms with van der Waals surface area (Å²) in [6, 6.07) is 15.4. The van der Waals surface area contributed by atoms with Crippen LogP contribution >= 0.6 is 0 Å². The third-order valence-electron chi connectivity index (χ3n) is 6.38. The number of rotatable bonds is 9. The Morgan fingerprint density at radius 3 is 2.36 bits per heavy atom. The number of benzene rings is 3. The predicted octanol–water partition coefficient (Wildman–Crippen LogP) is 4.28. The predicted molar refractivity (Wildman–Crippen MR) is 132 cm³/mol. The van der Waals surface area contributed by atoms with Crippen LogP contribution in [0, 0.1) is 6.92 Å². The first kappa shape index (κ1) is 23.5. The number of sulfonamides is 1. The fourth-order valence-corrected chi connectivity index (χ4v) is 5.82. The Balaban J connectivity index is 1.30. The number of hydrogen-bond donors (Lipinski definition) is 1. The lowest BCUT2D eigenvalue weighted by Crippen LogP contribution is -2.32. The summed E-state index contributed by atoms with van der Waals surface area (Å²) >= 11 is 0. The van der Waals surface area contributed by atoms with Crippen molar-refractivity contribution in [1.29, 1.82) is 0 Å². The summed E-state index contributed by atoms with van der Waals surface area (Å²) in [5, 5.41) is 1.74. The summed E-state index contributed by atoms with van der Waals surface area (Å²) in [5.41, 5.74) is 3.65. The van der Waals surface area contributed by atoms with Crippen molar-refractivity contribution in [2.24, 2.45) is 0 Å². The van der Waals surface area contributed by atoms with E-state index >= 15 is 0 Å². The van der Waals surface area contributed by atoms with Crippen LogP contribution in [0.15, 0.2) is 53.4 Å². The van der Waals surface area contributed by atoms with Crippen molar-refractivity contribution in [3.63, 3.8) is 0 Å². The van der Waals surface area contributed by atoms with Gasteiger partial charge in [-0.05, 0) is 73.0 Å². The highest BCUT2D eigenvalue weighted by atomic mass is 32.2. The van der Waals surface area contributed by atoms with E-state index in [2.05, 4.69) is 21.8 Å². The molecule has 0 aliphatic carbocycles. The molecular weight excluding hydrogens is 436 g/mol. The number of nitrogens with zero attached hydrogens (tertiary/aromatic N) is 1. The van der Waals surface area contributed by atoms with Crippen LogP contribution in [0.4, 0.5) is 0 Å². The average Bonchev–Trinajstić information content (AvgIpc) is 2.83. The molecule has 1 N–H and O–H groups in total. The first-order valence-electron chi connectivity index (χ1n) is 11.4. The summed E-state index contributed by atoms with van der Waals surface area (Å²) in [5.74, 6) is 1.54. The molecule has 6 nitrogen and oxygen atoms in total. The SMILES string of the molecule is COc1cc2c(cc1OC)CN(CCCCNS(=O)(=O)c1ccc(C)c3ccccc13)CC2. The second-order valence-corrected chi connectivity index (χ2v) is 10.3. The lowest BCUT2D eigenvalue weighted by atomic mass is 9.98.